The van der Waals surface area contributed by atoms with Crippen molar-refractivity contribution in [2.24, 2.45) is 0 Å². The second kappa shape index (κ2) is 4.01. The zero-order valence-corrected chi connectivity index (χ0v) is 9.51. The van der Waals surface area contributed by atoms with Crippen LogP contribution in [0, 0.1) is 0 Å². The molecule has 0 unspecified atom stereocenters. The van der Waals surface area contributed by atoms with Gasteiger partial charge in [0, 0.05) is 16.1 Å². The number of halogens is 4. The molecule has 84 valence electrons. The van der Waals surface area contributed by atoms with E-state index in [0.29, 0.717) is 11.0 Å². The quantitative estimate of drug-likeness (QED) is 0.803. The van der Waals surface area contributed by atoms with E-state index in [1.807, 2.05) is 0 Å². The third-order valence-electron chi connectivity index (χ3n) is 1.95. The molecule has 0 bridgehead atoms. The zero-order valence-electron chi connectivity index (χ0n) is 7.92. The molecule has 0 saturated heterocycles. The summed E-state index contributed by atoms with van der Waals surface area (Å²) in [5.41, 5.74) is 0.305. The fourth-order valence-corrected chi connectivity index (χ4v) is 1.68. The second-order valence-electron chi connectivity index (χ2n) is 3.29. The first-order valence-corrected chi connectivity index (χ1v) is 5.21. The van der Waals surface area contributed by atoms with Gasteiger partial charge >= 0.3 is 6.18 Å². The van der Waals surface area contributed by atoms with Crippen molar-refractivity contribution in [1.29, 1.82) is 0 Å². The van der Waals surface area contributed by atoms with E-state index >= 15 is 0 Å². The lowest BCUT2D eigenvalue weighted by Crippen LogP contribution is -2.12. The molecule has 2 nitrogen and oxygen atoms in total. The van der Waals surface area contributed by atoms with Crippen LogP contribution < -0.4 is 0 Å². The van der Waals surface area contributed by atoms with E-state index in [1.54, 1.807) is 12.1 Å². The summed E-state index contributed by atoms with van der Waals surface area (Å²) in [6, 6.07) is 4.71. The van der Waals surface area contributed by atoms with Crippen LogP contribution in [0.5, 0.6) is 0 Å². The van der Waals surface area contributed by atoms with Crippen molar-refractivity contribution in [1.82, 2.24) is 9.97 Å². The highest BCUT2D eigenvalue weighted by atomic mass is 79.9. The van der Waals surface area contributed by atoms with E-state index < -0.39 is 12.6 Å². The maximum atomic E-state index is 12.1. The predicted octanol–water partition coefficient (Wildman–Crippen LogP) is 3.50. The molecule has 6 heteroatoms. The minimum atomic E-state index is -4.24. The number of fused-ring (bicyclic) bond motifs is 1. The lowest BCUT2D eigenvalue weighted by atomic mass is 10.2. The maximum absolute atomic E-state index is 12.1. The SMILES string of the molecule is FC(F)(F)Cc1ccc2cc(Br)cnc2n1. The van der Waals surface area contributed by atoms with Gasteiger partial charge in [-0.3, -0.25) is 0 Å². The molecule has 2 rings (SSSR count). The van der Waals surface area contributed by atoms with E-state index in [-0.39, 0.29) is 5.69 Å². The van der Waals surface area contributed by atoms with Gasteiger partial charge in [0.05, 0.1) is 12.1 Å². The Morgan fingerprint density at radius 3 is 2.69 bits per heavy atom. The number of hydrogen-bond donors (Lipinski definition) is 0. The van der Waals surface area contributed by atoms with Crippen molar-refractivity contribution in [3.8, 4) is 0 Å². The average Bonchev–Trinajstić information content (AvgIpc) is 2.16. The molecule has 0 atom stereocenters. The van der Waals surface area contributed by atoms with Gasteiger partial charge in [-0.05, 0) is 34.1 Å². The molecular formula is C10H6BrF3N2. The van der Waals surface area contributed by atoms with Crippen LogP contribution >= 0.6 is 15.9 Å². The molecule has 16 heavy (non-hydrogen) atoms. The third kappa shape index (κ3) is 2.69. The summed E-state index contributed by atoms with van der Waals surface area (Å²) >= 11 is 3.23. The van der Waals surface area contributed by atoms with Crippen molar-refractivity contribution >= 4 is 27.0 Å². The van der Waals surface area contributed by atoms with Crippen molar-refractivity contribution in [2.75, 3.05) is 0 Å². The highest BCUT2D eigenvalue weighted by Gasteiger charge is 2.28. The minimum Gasteiger partial charge on any atom is -0.235 e. The number of nitrogens with zero attached hydrogens (tertiary/aromatic N) is 2. The lowest BCUT2D eigenvalue weighted by molar-refractivity contribution is -0.127. The lowest BCUT2D eigenvalue weighted by Gasteiger charge is -2.06. The van der Waals surface area contributed by atoms with Crippen LogP contribution in [0.4, 0.5) is 13.2 Å². The molecule has 0 saturated carbocycles. The van der Waals surface area contributed by atoms with Crippen molar-refractivity contribution in [3.05, 3.63) is 34.6 Å². The van der Waals surface area contributed by atoms with E-state index in [0.717, 1.165) is 4.47 Å². The summed E-state index contributed by atoms with van der Waals surface area (Å²) in [5, 5.41) is 0.709. The molecule has 0 aliphatic rings. The number of aromatic nitrogens is 2. The van der Waals surface area contributed by atoms with Gasteiger partial charge in [0.2, 0.25) is 0 Å². The van der Waals surface area contributed by atoms with Crippen LogP contribution in [0.25, 0.3) is 11.0 Å². The number of pyridine rings is 2. The van der Waals surface area contributed by atoms with Gasteiger partial charge in [0.25, 0.3) is 0 Å². The predicted molar refractivity (Wildman–Crippen MR) is 57.0 cm³/mol. The van der Waals surface area contributed by atoms with Gasteiger partial charge in [0.15, 0.2) is 5.65 Å². The van der Waals surface area contributed by atoms with E-state index in [2.05, 4.69) is 25.9 Å². The Balaban J connectivity index is 2.41. The monoisotopic (exact) mass is 290 g/mol. The standard InChI is InChI=1S/C10H6BrF3N2/c11-7-3-6-1-2-8(4-10(12,13)14)16-9(6)15-5-7/h1-3,5H,4H2. The van der Waals surface area contributed by atoms with Crippen LogP contribution in [0.3, 0.4) is 0 Å². The van der Waals surface area contributed by atoms with Crippen LogP contribution in [0.15, 0.2) is 28.9 Å². The largest absolute Gasteiger partial charge is 0.394 e. The fraction of sp³-hybridized carbons (Fsp3) is 0.200. The molecule has 0 N–H and O–H groups in total. The first-order chi connectivity index (χ1) is 7.44. The molecular weight excluding hydrogens is 285 g/mol. The molecule has 0 aliphatic carbocycles. The summed E-state index contributed by atoms with van der Waals surface area (Å²) in [6.07, 6.45) is -3.76. The normalized spacial score (nSPS) is 12.0. The summed E-state index contributed by atoms with van der Waals surface area (Å²) in [7, 11) is 0. The van der Waals surface area contributed by atoms with Gasteiger partial charge < -0.3 is 0 Å². The van der Waals surface area contributed by atoms with Crippen LogP contribution in [-0.2, 0) is 6.42 Å². The number of rotatable bonds is 1. The van der Waals surface area contributed by atoms with Crippen molar-refractivity contribution in [2.45, 2.75) is 12.6 Å². The second-order valence-corrected chi connectivity index (χ2v) is 4.21. The van der Waals surface area contributed by atoms with Crippen LogP contribution in [0.1, 0.15) is 5.69 Å². The Morgan fingerprint density at radius 1 is 1.25 bits per heavy atom. The van der Waals surface area contributed by atoms with E-state index in [1.165, 1.54) is 12.3 Å². The van der Waals surface area contributed by atoms with Crippen molar-refractivity contribution in [3.63, 3.8) is 0 Å². The molecule has 0 fully saturated rings. The van der Waals surface area contributed by atoms with E-state index in [9.17, 15) is 13.2 Å². The van der Waals surface area contributed by atoms with Gasteiger partial charge in [-0.15, -0.1) is 0 Å². The highest BCUT2D eigenvalue weighted by Crippen LogP contribution is 2.22. The molecule has 0 amide bonds. The molecule has 0 spiro atoms. The van der Waals surface area contributed by atoms with Crippen LogP contribution in [-0.4, -0.2) is 16.1 Å². The van der Waals surface area contributed by atoms with Crippen LogP contribution in [0.2, 0.25) is 0 Å². The maximum Gasteiger partial charge on any atom is 0.394 e. The minimum absolute atomic E-state index is 0.0187. The summed E-state index contributed by atoms with van der Waals surface area (Å²) in [6.45, 7) is 0. The summed E-state index contributed by atoms with van der Waals surface area (Å²) in [4.78, 5) is 7.80. The molecule has 0 aromatic carbocycles. The summed E-state index contributed by atoms with van der Waals surface area (Å²) in [5.74, 6) is 0. The molecule has 0 aliphatic heterocycles. The van der Waals surface area contributed by atoms with Gasteiger partial charge in [-0.2, -0.15) is 13.2 Å². The molecule has 0 radical (unpaired) electrons. The topological polar surface area (TPSA) is 25.8 Å². The Morgan fingerprint density at radius 2 is 2.00 bits per heavy atom. The van der Waals surface area contributed by atoms with Gasteiger partial charge in [-0.25, -0.2) is 9.97 Å². The zero-order chi connectivity index (χ0) is 11.8. The average molecular weight is 291 g/mol. The Bertz CT molecular complexity index is 525. The molecule has 2 aromatic heterocycles. The molecule has 2 heterocycles. The Kier molecular flexibility index (Phi) is 2.84. The number of hydrogen-bond acceptors (Lipinski definition) is 2. The van der Waals surface area contributed by atoms with Gasteiger partial charge in [-0.1, -0.05) is 0 Å². The Labute approximate surface area is 97.6 Å². The first-order valence-electron chi connectivity index (χ1n) is 4.42. The van der Waals surface area contributed by atoms with Crippen molar-refractivity contribution < 1.29 is 13.2 Å². The number of alkyl halides is 3. The van der Waals surface area contributed by atoms with Gasteiger partial charge in [0.1, 0.15) is 0 Å². The smallest absolute Gasteiger partial charge is 0.235 e. The van der Waals surface area contributed by atoms with E-state index in [4.69, 9.17) is 0 Å². The highest BCUT2D eigenvalue weighted by molar-refractivity contribution is 9.10. The summed E-state index contributed by atoms with van der Waals surface area (Å²) < 4.78 is 37.2. The molecule has 2 aromatic rings. The fourth-order valence-electron chi connectivity index (χ4n) is 1.33. The first kappa shape index (κ1) is 11.3. The third-order valence-corrected chi connectivity index (χ3v) is 2.38. The Hall–Kier alpha value is -1.17.